The van der Waals surface area contributed by atoms with E-state index in [4.69, 9.17) is 14.2 Å². The fourth-order valence-corrected chi connectivity index (χ4v) is 4.61. The average Bonchev–Trinajstić information content (AvgIpc) is 2.93. The smallest absolute Gasteiger partial charge is 0.462 e. The molecule has 6 heteroatoms. The van der Waals surface area contributed by atoms with Crippen LogP contribution in [0.5, 0.6) is 0 Å². The first-order valence-electron chi connectivity index (χ1n) is 16.5. The first kappa shape index (κ1) is 38.4. The van der Waals surface area contributed by atoms with Crippen LogP contribution < -0.4 is 0 Å². The van der Waals surface area contributed by atoms with Crippen LogP contribution in [-0.2, 0) is 19.0 Å². The Labute approximate surface area is 248 Å². The van der Waals surface area contributed by atoms with Gasteiger partial charge in [0.1, 0.15) is 6.61 Å². The van der Waals surface area contributed by atoms with Gasteiger partial charge < -0.3 is 19.1 Å². The van der Waals surface area contributed by atoms with E-state index >= 15 is 0 Å². The minimum Gasteiger partial charge on any atom is -0.462 e. The predicted octanol–water partition coefficient (Wildman–Crippen LogP) is 9.46. The summed E-state index contributed by atoms with van der Waals surface area (Å²) in [5, 5.41) is 0. The Kier molecular flexibility index (Phi) is 27.8. The second-order valence-corrected chi connectivity index (χ2v) is 11.7. The lowest BCUT2D eigenvalue weighted by molar-refractivity contribution is -0.139. The molecule has 0 aliphatic carbocycles. The molecule has 0 aliphatic heterocycles. The van der Waals surface area contributed by atoms with Crippen molar-refractivity contribution >= 4 is 12.1 Å². The zero-order chi connectivity index (χ0) is 29.7. The molecule has 0 rings (SSSR count). The van der Waals surface area contributed by atoms with Crippen molar-refractivity contribution in [1.82, 2.24) is 4.90 Å². The van der Waals surface area contributed by atoms with Gasteiger partial charge in [-0.05, 0) is 66.1 Å². The normalized spacial score (nSPS) is 11.8. The summed E-state index contributed by atoms with van der Waals surface area (Å²) in [6.07, 6.45) is 25.2. The molecule has 0 bridgehead atoms. The molecule has 0 aliphatic rings. The van der Waals surface area contributed by atoms with Crippen LogP contribution >= 0.6 is 0 Å². The molecule has 0 saturated carbocycles. The third kappa shape index (κ3) is 28.0. The molecule has 0 saturated heterocycles. The molecular formula is C34H64NO5. The fraction of sp³-hybridized carbons (Fsp3) is 0.853. The molecule has 1 unspecified atom stereocenters. The van der Waals surface area contributed by atoms with Crippen molar-refractivity contribution in [1.29, 1.82) is 0 Å². The van der Waals surface area contributed by atoms with Crippen molar-refractivity contribution in [2.45, 2.75) is 142 Å². The lowest BCUT2D eigenvalue weighted by atomic mass is 9.99. The van der Waals surface area contributed by atoms with Crippen LogP contribution in [0.15, 0.2) is 11.6 Å². The molecule has 6 nitrogen and oxygen atoms in total. The van der Waals surface area contributed by atoms with E-state index in [0.717, 1.165) is 45.1 Å². The van der Waals surface area contributed by atoms with Gasteiger partial charge in [-0.25, -0.2) is 9.59 Å². The quantitative estimate of drug-likeness (QED) is 0.0534. The molecule has 235 valence electrons. The van der Waals surface area contributed by atoms with E-state index in [1.165, 1.54) is 95.5 Å². The summed E-state index contributed by atoms with van der Waals surface area (Å²) in [6, 6.07) is 0. The summed E-state index contributed by atoms with van der Waals surface area (Å²) in [5.41, 5.74) is 1.21. The Balaban J connectivity index is 4.36. The third-order valence-corrected chi connectivity index (χ3v) is 7.14. The maximum Gasteiger partial charge on any atom is 0.508 e. The Morgan fingerprint density at radius 3 is 1.62 bits per heavy atom. The molecule has 1 atom stereocenters. The van der Waals surface area contributed by atoms with E-state index < -0.39 is 6.16 Å². The number of rotatable bonds is 28. The van der Waals surface area contributed by atoms with Gasteiger partial charge in [-0.3, -0.25) is 0 Å². The fourth-order valence-electron chi connectivity index (χ4n) is 4.61. The van der Waals surface area contributed by atoms with Gasteiger partial charge in [0, 0.05) is 12.0 Å². The monoisotopic (exact) mass is 566 g/mol. The summed E-state index contributed by atoms with van der Waals surface area (Å²) in [6.45, 7) is 9.94. The Bertz CT molecular complexity index is 597. The van der Waals surface area contributed by atoms with Crippen molar-refractivity contribution < 1.29 is 23.8 Å². The van der Waals surface area contributed by atoms with Crippen molar-refractivity contribution in [3.05, 3.63) is 18.6 Å². The highest BCUT2D eigenvalue weighted by molar-refractivity contribution is 5.82. The molecule has 40 heavy (non-hydrogen) atoms. The molecule has 0 aromatic rings. The van der Waals surface area contributed by atoms with Gasteiger partial charge in [0.15, 0.2) is 0 Å². The Morgan fingerprint density at radius 2 is 1.12 bits per heavy atom. The summed E-state index contributed by atoms with van der Waals surface area (Å²) in [5.74, 6) is -0.645. The highest BCUT2D eigenvalue weighted by Gasteiger charge is 2.11. The first-order chi connectivity index (χ1) is 19.4. The van der Waals surface area contributed by atoms with Gasteiger partial charge in [0.25, 0.3) is 0 Å². The van der Waals surface area contributed by atoms with Crippen molar-refractivity contribution in [3.63, 3.8) is 0 Å². The second-order valence-electron chi connectivity index (χ2n) is 11.7. The van der Waals surface area contributed by atoms with Crippen LogP contribution in [-0.4, -0.2) is 57.5 Å². The minimum absolute atomic E-state index is 0.0664. The number of carbonyl (C=O) groups excluding carboxylic acids is 2. The van der Waals surface area contributed by atoms with Crippen LogP contribution in [0.2, 0.25) is 0 Å². The Morgan fingerprint density at radius 1 is 0.650 bits per heavy atom. The standard InChI is InChI=1S/C34H64NO5/c1-6-8-10-12-14-16-18-20-24-32(25-21-19-17-15-13-11-9-7-2)28-33(36)39-29-31(3)30-40-34(37)38-27-23-22-26-35(4)5/h28,31H,3,6-27,29-30H2,1-2,4-5H3. The number of hydrogen-bond acceptors (Lipinski definition) is 6. The number of ether oxygens (including phenoxy) is 3. The maximum atomic E-state index is 12.6. The van der Waals surface area contributed by atoms with Gasteiger partial charge in [0.05, 0.1) is 13.2 Å². The number of allylic oxidation sites excluding steroid dienone is 1. The number of carbonyl (C=O) groups is 2. The molecule has 0 aromatic carbocycles. The molecule has 0 spiro atoms. The van der Waals surface area contributed by atoms with Crippen LogP contribution in [0.1, 0.15) is 142 Å². The lowest BCUT2D eigenvalue weighted by Gasteiger charge is -2.13. The molecule has 0 fully saturated rings. The van der Waals surface area contributed by atoms with E-state index in [9.17, 15) is 9.59 Å². The van der Waals surface area contributed by atoms with Crippen molar-refractivity contribution in [2.75, 3.05) is 40.5 Å². The van der Waals surface area contributed by atoms with Crippen LogP contribution in [0.25, 0.3) is 0 Å². The van der Waals surface area contributed by atoms with Gasteiger partial charge >= 0.3 is 12.1 Å². The van der Waals surface area contributed by atoms with E-state index in [1.807, 2.05) is 14.1 Å². The number of esters is 1. The molecule has 0 amide bonds. The molecule has 0 aromatic heterocycles. The van der Waals surface area contributed by atoms with Crippen LogP contribution in [0.4, 0.5) is 4.79 Å². The lowest BCUT2D eigenvalue weighted by Crippen LogP contribution is -2.19. The van der Waals surface area contributed by atoms with Gasteiger partial charge in [-0.15, -0.1) is 0 Å². The van der Waals surface area contributed by atoms with Gasteiger partial charge in [0.2, 0.25) is 0 Å². The molecule has 1 radical (unpaired) electrons. The van der Waals surface area contributed by atoms with E-state index in [1.54, 1.807) is 6.08 Å². The number of nitrogens with zero attached hydrogens (tertiary/aromatic N) is 1. The molecule has 0 heterocycles. The zero-order valence-electron chi connectivity index (χ0n) is 26.8. The van der Waals surface area contributed by atoms with Crippen LogP contribution in [0.3, 0.4) is 0 Å². The summed E-state index contributed by atoms with van der Waals surface area (Å²) in [7, 11) is 4.03. The number of unbranched alkanes of at least 4 members (excludes halogenated alkanes) is 15. The Hall–Kier alpha value is -1.56. The third-order valence-electron chi connectivity index (χ3n) is 7.14. The minimum atomic E-state index is -0.692. The van der Waals surface area contributed by atoms with Gasteiger partial charge in [-0.2, -0.15) is 0 Å². The average molecular weight is 567 g/mol. The van der Waals surface area contributed by atoms with Gasteiger partial charge in [-0.1, -0.05) is 109 Å². The second kappa shape index (κ2) is 29.0. The SMILES string of the molecule is [CH2]C(COC(=O)C=C(CCCCCCCCCC)CCCCCCCCCC)COC(=O)OCCCCN(C)C. The van der Waals surface area contributed by atoms with Crippen molar-refractivity contribution in [3.8, 4) is 0 Å². The highest BCUT2D eigenvalue weighted by Crippen LogP contribution is 2.19. The maximum absolute atomic E-state index is 12.6. The van der Waals surface area contributed by atoms with E-state index in [-0.39, 0.29) is 25.1 Å². The summed E-state index contributed by atoms with van der Waals surface area (Å²) in [4.78, 5) is 26.4. The topological polar surface area (TPSA) is 65.1 Å². The van der Waals surface area contributed by atoms with Crippen LogP contribution in [0, 0.1) is 12.8 Å². The summed E-state index contributed by atoms with van der Waals surface area (Å²) < 4.78 is 15.7. The molecular weight excluding hydrogens is 502 g/mol. The van der Waals surface area contributed by atoms with Crippen molar-refractivity contribution in [2.24, 2.45) is 5.92 Å². The largest absolute Gasteiger partial charge is 0.508 e. The zero-order valence-corrected chi connectivity index (χ0v) is 26.8. The summed E-state index contributed by atoms with van der Waals surface area (Å²) >= 11 is 0. The molecule has 0 N–H and O–H groups in total. The highest BCUT2D eigenvalue weighted by atomic mass is 16.7. The predicted molar refractivity (Wildman–Crippen MR) is 167 cm³/mol. The first-order valence-corrected chi connectivity index (χ1v) is 16.5. The number of hydrogen-bond donors (Lipinski definition) is 0. The van der Waals surface area contributed by atoms with E-state index in [2.05, 4.69) is 25.7 Å². The van der Waals surface area contributed by atoms with E-state index in [0.29, 0.717) is 6.61 Å².